The number of hydrogen-bond acceptors (Lipinski definition) is 2. The number of carbonyl (C=O) groups is 1. The van der Waals surface area contributed by atoms with Crippen LogP contribution in [0.3, 0.4) is 0 Å². The maximum Gasteiger partial charge on any atom is 0.314 e. The number of aryl methyl sites for hydroxylation is 1. The van der Waals surface area contributed by atoms with Crippen LogP contribution in [0.25, 0.3) is 0 Å². The number of urea groups is 1. The summed E-state index contributed by atoms with van der Waals surface area (Å²) in [7, 11) is 0. The number of carbonyl (C=O) groups excluding carboxylic acids is 1. The summed E-state index contributed by atoms with van der Waals surface area (Å²) in [6.45, 7) is 4.11. The van der Waals surface area contributed by atoms with Crippen LogP contribution in [-0.2, 0) is 0 Å². The van der Waals surface area contributed by atoms with E-state index in [1.165, 1.54) is 18.4 Å². The molecule has 1 fully saturated rings. The van der Waals surface area contributed by atoms with Crippen molar-refractivity contribution >= 4 is 6.03 Å². The van der Waals surface area contributed by atoms with E-state index in [2.05, 4.69) is 10.6 Å². The van der Waals surface area contributed by atoms with Crippen molar-refractivity contribution in [3.8, 4) is 5.75 Å². The quantitative estimate of drug-likeness (QED) is 0.742. The molecule has 1 aromatic rings. The molecule has 2 rings (SSSR count). The van der Waals surface area contributed by atoms with E-state index in [1.54, 1.807) is 0 Å². The van der Waals surface area contributed by atoms with Crippen molar-refractivity contribution in [3.63, 3.8) is 0 Å². The highest BCUT2D eigenvalue weighted by Gasteiger charge is 2.21. The van der Waals surface area contributed by atoms with Crippen LogP contribution in [-0.4, -0.2) is 25.7 Å². The van der Waals surface area contributed by atoms with Gasteiger partial charge >= 0.3 is 6.03 Å². The number of hydrogen-bond donors (Lipinski definition) is 2. The van der Waals surface area contributed by atoms with Gasteiger partial charge in [-0.15, -0.1) is 0 Å². The van der Waals surface area contributed by atoms with Gasteiger partial charge in [0.2, 0.25) is 0 Å². The zero-order valence-corrected chi connectivity index (χ0v) is 11.4. The third kappa shape index (κ3) is 5.64. The lowest BCUT2D eigenvalue weighted by molar-refractivity contribution is 0.238. The highest BCUT2D eigenvalue weighted by molar-refractivity contribution is 5.73. The first kappa shape index (κ1) is 13.7. The molecule has 2 amide bonds. The summed E-state index contributed by atoms with van der Waals surface area (Å²) >= 11 is 0. The van der Waals surface area contributed by atoms with E-state index in [9.17, 15) is 4.79 Å². The number of ether oxygens (including phenoxy) is 1. The van der Waals surface area contributed by atoms with Gasteiger partial charge in [0.1, 0.15) is 5.75 Å². The normalized spacial score (nSPS) is 13.9. The molecule has 0 atom stereocenters. The van der Waals surface area contributed by atoms with Crippen molar-refractivity contribution in [1.82, 2.24) is 10.6 Å². The van der Waals surface area contributed by atoms with Gasteiger partial charge in [0.15, 0.2) is 0 Å². The zero-order chi connectivity index (χ0) is 13.5. The lowest BCUT2D eigenvalue weighted by Gasteiger charge is -2.08. The van der Waals surface area contributed by atoms with Gasteiger partial charge in [-0.3, -0.25) is 0 Å². The van der Waals surface area contributed by atoms with Crippen LogP contribution in [0.15, 0.2) is 24.3 Å². The standard InChI is InChI=1S/C15H22N2O2/c1-12-4-2-5-14(10-12)19-9-3-8-16-15(18)17-11-13-6-7-13/h2,4-5,10,13H,3,6-9,11H2,1H3,(H2,16,17,18). The molecule has 0 saturated heterocycles. The van der Waals surface area contributed by atoms with Crippen LogP contribution in [0.2, 0.25) is 0 Å². The molecule has 0 bridgehead atoms. The molecule has 0 spiro atoms. The Morgan fingerprint density at radius 2 is 2.21 bits per heavy atom. The molecular formula is C15H22N2O2. The maximum atomic E-state index is 11.4. The van der Waals surface area contributed by atoms with Crippen molar-refractivity contribution in [2.75, 3.05) is 19.7 Å². The van der Waals surface area contributed by atoms with Crippen molar-refractivity contribution in [2.45, 2.75) is 26.2 Å². The van der Waals surface area contributed by atoms with Gasteiger partial charge in [0, 0.05) is 13.1 Å². The minimum Gasteiger partial charge on any atom is -0.494 e. The van der Waals surface area contributed by atoms with Crippen LogP contribution < -0.4 is 15.4 Å². The van der Waals surface area contributed by atoms with Crippen LogP contribution in [0.1, 0.15) is 24.8 Å². The van der Waals surface area contributed by atoms with E-state index in [-0.39, 0.29) is 6.03 Å². The van der Waals surface area contributed by atoms with Gasteiger partial charge < -0.3 is 15.4 Å². The van der Waals surface area contributed by atoms with E-state index in [0.29, 0.717) is 13.2 Å². The summed E-state index contributed by atoms with van der Waals surface area (Å²) in [6.07, 6.45) is 3.32. The second kappa shape index (κ2) is 7.02. The Labute approximate surface area is 114 Å². The van der Waals surface area contributed by atoms with E-state index in [1.807, 2.05) is 31.2 Å². The van der Waals surface area contributed by atoms with Crippen LogP contribution in [0, 0.1) is 12.8 Å². The predicted octanol–water partition coefficient (Wildman–Crippen LogP) is 2.47. The molecular weight excluding hydrogens is 240 g/mol. The highest BCUT2D eigenvalue weighted by Crippen LogP contribution is 2.27. The molecule has 1 aliphatic carbocycles. The topological polar surface area (TPSA) is 50.4 Å². The lowest BCUT2D eigenvalue weighted by atomic mass is 10.2. The molecule has 19 heavy (non-hydrogen) atoms. The first-order valence-corrected chi connectivity index (χ1v) is 6.95. The molecule has 0 radical (unpaired) electrons. The van der Waals surface area contributed by atoms with Gasteiger partial charge in [-0.2, -0.15) is 0 Å². The minimum absolute atomic E-state index is 0.0672. The molecule has 0 heterocycles. The second-order valence-corrected chi connectivity index (χ2v) is 5.10. The van der Waals surface area contributed by atoms with Crippen molar-refractivity contribution in [2.24, 2.45) is 5.92 Å². The smallest absolute Gasteiger partial charge is 0.314 e. The van der Waals surface area contributed by atoms with Crippen LogP contribution in [0.5, 0.6) is 5.75 Å². The third-order valence-corrected chi connectivity index (χ3v) is 3.11. The molecule has 0 aromatic heterocycles. The summed E-state index contributed by atoms with van der Waals surface area (Å²) in [5, 5.41) is 5.70. The Bertz CT molecular complexity index is 416. The summed E-state index contributed by atoms with van der Waals surface area (Å²) in [4.78, 5) is 11.4. The Kier molecular flexibility index (Phi) is 5.07. The molecule has 1 aromatic carbocycles. The number of amides is 2. The van der Waals surface area contributed by atoms with E-state index < -0.39 is 0 Å². The first-order valence-electron chi connectivity index (χ1n) is 6.95. The summed E-state index contributed by atoms with van der Waals surface area (Å²) in [5.41, 5.74) is 1.19. The third-order valence-electron chi connectivity index (χ3n) is 3.11. The average molecular weight is 262 g/mol. The van der Waals surface area contributed by atoms with E-state index in [4.69, 9.17) is 4.74 Å². The van der Waals surface area contributed by atoms with Gasteiger partial charge in [0.25, 0.3) is 0 Å². The Morgan fingerprint density at radius 3 is 2.95 bits per heavy atom. The molecule has 4 nitrogen and oxygen atoms in total. The fraction of sp³-hybridized carbons (Fsp3) is 0.533. The van der Waals surface area contributed by atoms with Crippen molar-refractivity contribution in [1.29, 1.82) is 0 Å². The largest absolute Gasteiger partial charge is 0.494 e. The molecule has 1 saturated carbocycles. The SMILES string of the molecule is Cc1cccc(OCCCNC(=O)NCC2CC2)c1. The summed E-state index contributed by atoms with van der Waals surface area (Å²) in [6, 6.07) is 7.91. The van der Waals surface area contributed by atoms with Gasteiger partial charge in [-0.1, -0.05) is 12.1 Å². The van der Waals surface area contributed by atoms with E-state index in [0.717, 1.165) is 24.6 Å². The minimum atomic E-state index is -0.0672. The Balaban J connectivity index is 1.50. The highest BCUT2D eigenvalue weighted by atomic mass is 16.5. The molecule has 0 unspecified atom stereocenters. The molecule has 4 heteroatoms. The molecule has 104 valence electrons. The Hall–Kier alpha value is -1.71. The Morgan fingerprint density at radius 1 is 1.37 bits per heavy atom. The predicted molar refractivity (Wildman–Crippen MR) is 75.4 cm³/mol. The van der Waals surface area contributed by atoms with Gasteiger partial charge in [-0.05, 0) is 49.8 Å². The average Bonchev–Trinajstić information content (AvgIpc) is 3.20. The van der Waals surface area contributed by atoms with Gasteiger partial charge in [0.05, 0.1) is 6.61 Å². The number of rotatable bonds is 7. The maximum absolute atomic E-state index is 11.4. The van der Waals surface area contributed by atoms with Crippen molar-refractivity contribution in [3.05, 3.63) is 29.8 Å². The summed E-state index contributed by atoms with van der Waals surface area (Å²) in [5.74, 6) is 1.61. The number of benzene rings is 1. The lowest BCUT2D eigenvalue weighted by Crippen LogP contribution is -2.37. The monoisotopic (exact) mass is 262 g/mol. The van der Waals surface area contributed by atoms with Crippen molar-refractivity contribution < 1.29 is 9.53 Å². The number of nitrogens with one attached hydrogen (secondary N) is 2. The van der Waals surface area contributed by atoms with Gasteiger partial charge in [-0.25, -0.2) is 4.79 Å². The molecule has 2 N–H and O–H groups in total. The van der Waals surface area contributed by atoms with Crippen LogP contribution in [0.4, 0.5) is 4.79 Å². The zero-order valence-electron chi connectivity index (χ0n) is 11.4. The van der Waals surface area contributed by atoms with E-state index >= 15 is 0 Å². The second-order valence-electron chi connectivity index (χ2n) is 5.10. The molecule has 0 aliphatic heterocycles. The fourth-order valence-electron chi connectivity index (χ4n) is 1.79. The fourth-order valence-corrected chi connectivity index (χ4v) is 1.79. The van der Waals surface area contributed by atoms with Crippen LogP contribution >= 0.6 is 0 Å². The first-order chi connectivity index (χ1) is 9.24. The summed E-state index contributed by atoms with van der Waals surface area (Å²) < 4.78 is 5.61. The molecule has 1 aliphatic rings.